The summed E-state index contributed by atoms with van der Waals surface area (Å²) in [6.07, 6.45) is 2.56. The smallest absolute Gasteiger partial charge is 0.169 e. The number of aromatic nitrogens is 3. The van der Waals surface area contributed by atoms with Gasteiger partial charge in [-0.2, -0.15) is 0 Å². The summed E-state index contributed by atoms with van der Waals surface area (Å²) in [5, 5.41) is 15.0. The Morgan fingerprint density at radius 2 is 1.79 bits per heavy atom. The number of hydrogen-bond acceptors (Lipinski definition) is 4. The summed E-state index contributed by atoms with van der Waals surface area (Å²) in [5.74, 6) is 0.578. The number of aryl methyl sites for hydroxylation is 2. The molecule has 0 saturated carbocycles. The first-order valence-corrected chi connectivity index (χ1v) is 9.49. The van der Waals surface area contributed by atoms with E-state index in [9.17, 15) is 5.11 Å². The zero-order chi connectivity index (χ0) is 19.8. The molecule has 1 aromatic carbocycles. The van der Waals surface area contributed by atoms with Crippen LogP contribution < -0.4 is 5.32 Å². The van der Waals surface area contributed by atoms with Gasteiger partial charge in [-0.05, 0) is 61.4 Å². The number of imidazole rings is 1. The average molecular weight is 413 g/mol. The number of halogens is 2. The van der Waals surface area contributed by atoms with Crippen molar-refractivity contribution >= 4 is 34.7 Å². The Labute approximate surface area is 172 Å². The van der Waals surface area contributed by atoms with Crippen molar-refractivity contribution in [2.45, 2.75) is 20.1 Å². The van der Waals surface area contributed by atoms with Gasteiger partial charge in [0.05, 0.1) is 21.4 Å². The molecule has 1 atom stereocenters. The Kier molecular flexibility index (Phi) is 4.98. The minimum Gasteiger partial charge on any atom is -0.368 e. The third kappa shape index (κ3) is 3.56. The maximum Gasteiger partial charge on any atom is 0.169 e. The fourth-order valence-corrected chi connectivity index (χ4v) is 3.40. The van der Waals surface area contributed by atoms with Crippen molar-refractivity contribution in [3.8, 4) is 11.3 Å². The summed E-state index contributed by atoms with van der Waals surface area (Å²) in [7, 11) is 0. The van der Waals surface area contributed by atoms with Crippen LogP contribution in [0.1, 0.15) is 23.0 Å². The van der Waals surface area contributed by atoms with Crippen LogP contribution in [0.5, 0.6) is 0 Å². The van der Waals surface area contributed by atoms with Crippen molar-refractivity contribution in [1.29, 1.82) is 0 Å². The zero-order valence-electron chi connectivity index (χ0n) is 15.3. The molecule has 2 N–H and O–H groups in total. The maximum atomic E-state index is 11.0. The van der Waals surface area contributed by atoms with Crippen LogP contribution in [0, 0.1) is 13.8 Å². The number of aliphatic hydroxyl groups excluding tert-OH is 1. The SMILES string of the molecule is Cc1ccnc(NC(O)c2c(-c3ccc(Cl)c(Cl)c3)nc3cc(C)ccn23)c1. The number of anilines is 1. The summed E-state index contributed by atoms with van der Waals surface area (Å²) >= 11 is 12.3. The van der Waals surface area contributed by atoms with Crippen molar-refractivity contribution in [2.75, 3.05) is 5.32 Å². The second-order valence-electron chi connectivity index (χ2n) is 6.67. The molecule has 7 heteroatoms. The van der Waals surface area contributed by atoms with Crippen molar-refractivity contribution in [2.24, 2.45) is 0 Å². The molecule has 3 aromatic heterocycles. The number of pyridine rings is 2. The monoisotopic (exact) mass is 412 g/mol. The molecule has 28 heavy (non-hydrogen) atoms. The van der Waals surface area contributed by atoms with Crippen molar-refractivity contribution in [3.63, 3.8) is 0 Å². The largest absolute Gasteiger partial charge is 0.368 e. The fraction of sp³-hybridized carbons (Fsp3) is 0.143. The highest BCUT2D eigenvalue weighted by Gasteiger charge is 2.22. The minimum absolute atomic E-state index is 0.432. The number of rotatable bonds is 4. The Balaban J connectivity index is 1.86. The number of hydrogen-bond donors (Lipinski definition) is 2. The van der Waals surface area contributed by atoms with E-state index in [-0.39, 0.29) is 0 Å². The molecule has 0 spiro atoms. The molecule has 4 rings (SSSR count). The molecule has 142 valence electrons. The predicted octanol–water partition coefficient (Wildman–Crippen LogP) is 5.42. The molecule has 0 aliphatic carbocycles. The molecule has 0 amide bonds. The molecule has 0 bridgehead atoms. The van der Waals surface area contributed by atoms with Gasteiger partial charge in [-0.1, -0.05) is 29.3 Å². The Hall–Kier alpha value is -2.60. The highest BCUT2D eigenvalue weighted by molar-refractivity contribution is 6.42. The number of nitrogens with zero attached hydrogens (tertiary/aromatic N) is 3. The van der Waals surface area contributed by atoms with Crippen LogP contribution in [0.15, 0.2) is 54.9 Å². The van der Waals surface area contributed by atoms with Gasteiger partial charge in [-0.3, -0.25) is 4.40 Å². The lowest BCUT2D eigenvalue weighted by atomic mass is 10.1. The van der Waals surface area contributed by atoms with Gasteiger partial charge in [0.25, 0.3) is 0 Å². The first-order valence-electron chi connectivity index (χ1n) is 8.73. The van der Waals surface area contributed by atoms with Crippen molar-refractivity contribution in [3.05, 3.63) is 81.7 Å². The van der Waals surface area contributed by atoms with Gasteiger partial charge in [0.2, 0.25) is 0 Å². The summed E-state index contributed by atoms with van der Waals surface area (Å²) in [6.45, 7) is 3.97. The lowest BCUT2D eigenvalue weighted by Crippen LogP contribution is -2.14. The van der Waals surface area contributed by atoms with Crippen LogP contribution in [0.3, 0.4) is 0 Å². The number of benzene rings is 1. The lowest BCUT2D eigenvalue weighted by Gasteiger charge is -2.16. The van der Waals surface area contributed by atoms with Gasteiger partial charge in [0.1, 0.15) is 11.5 Å². The van der Waals surface area contributed by atoms with Crippen LogP contribution >= 0.6 is 23.2 Å². The van der Waals surface area contributed by atoms with E-state index < -0.39 is 6.23 Å². The van der Waals surface area contributed by atoms with E-state index in [4.69, 9.17) is 28.2 Å². The number of nitrogens with one attached hydrogen (secondary N) is 1. The molecule has 3 heterocycles. The Morgan fingerprint density at radius 1 is 1.00 bits per heavy atom. The molecular formula is C21H18Cl2N4O. The second-order valence-corrected chi connectivity index (χ2v) is 7.49. The van der Waals surface area contributed by atoms with Crippen LogP contribution in [0.25, 0.3) is 16.9 Å². The quantitative estimate of drug-likeness (QED) is 0.439. The molecule has 0 aliphatic heterocycles. The van der Waals surface area contributed by atoms with E-state index >= 15 is 0 Å². The average Bonchev–Trinajstić information content (AvgIpc) is 3.02. The van der Waals surface area contributed by atoms with E-state index in [2.05, 4.69) is 10.3 Å². The van der Waals surface area contributed by atoms with E-state index in [1.165, 1.54) is 0 Å². The van der Waals surface area contributed by atoms with E-state index in [1.807, 2.05) is 54.8 Å². The summed E-state index contributed by atoms with van der Waals surface area (Å²) in [6, 6.07) is 13.0. The summed E-state index contributed by atoms with van der Waals surface area (Å²) in [5.41, 5.74) is 4.84. The van der Waals surface area contributed by atoms with Crippen molar-refractivity contribution in [1.82, 2.24) is 14.4 Å². The molecule has 4 aromatic rings. The van der Waals surface area contributed by atoms with E-state index in [1.54, 1.807) is 18.3 Å². The third-order valence-electron chi connectivity index (χ3n) is 4.47. The van der Waals surface area contributed by atoms with Gasteiger partial charge in [-0.25, -0.2) is 9.97 Å². The molecule has 5 nitrogen and oxygen atoms in total. The normalized spacial score (nSPS) is 12.3. The first-order chi connectivity index (χ1) is 13.4. The second kappa shape index (κ2) is 7.43. The maximum absolute atomic E-state index is 11.0. The summed E-state index contributed by atoms with van der Waals surface area (Å²) in [4.78, 5) is 9.01. The van der Waals surface area contributed by atoms with Crippen LogP contribution in [-0.4, -0.2) is 19.5 Å². The predicted molar refractivity (Wildman–Crippen MR) is 113 cm³/mol. The van der Waals surface area contributed by atoms with Crippen LogP contribution in [0.4, 0.5) is 5.82 Å². The van der Waals surface area contributed by atoms with Gasteiger partial charge in [-0.15, -0.1) is 0 Å². The molecule has 0 aliphatic rings. The molecule has 0 fully saturated rings. The van der Waals surface area contributed by atoms with Crippen LogP contribution in [-0.2, 0) is 0 Å². The van der Waals surface area contributed by atoms with Gasteiger partial charge >= 0.3 is 0 Å². The Morgan fingerprint density at radius 3 is 2.54 bits per heavy atom. The zero-order valence-corrected chi connectivity index (χ0v) is 16.8. The molecule has 0 saturated heterocycles. The lowest BCUT2D eigenvalue weighted by molar-refractivity contribution is 0.202. The molecule has 1 unspecified atom stereocenters. The minimum atomic E-state index is -1.03. The Bertz CT molecular complexity index is 1170. The van der Waals surface area contributed by atoms with Crippen molar-refractivity contribution < 1.29 is 5.11 Å². The van der Waals surface area contributed by atoms with E-state index in [0.29, 0.717) is 27.3 Å². The standard InChI is InChI=1S/C21H18Cl2N4O/c1-12-5-7-24-17(9-12)25-21(28)20-19(14-3-4-15(22)16(23)11-14)26-18-10-13(2)6-8-27(18)20/h3-11,21,28H,1-2H3,(H,24,25). The van der Waals surface area contributed by atoms with Crippen LogP contribution in [0.2, 0.25) is 10.0 Å². The van der Waals surface area contributed by atoms with Gasteiger partial charge in [0.15, 0.2) is 6.23 Å². The topological polar surface area (TPSA) is 62.5 Å². The van der Waals surface area contributed by atoms with E-state index in [0.717, 1.165) is 22.3 Å². The fourth-order valence-electron chi connectivity index (χ4n) is 3.11. The molecule has 0 radical (unpaired) electrons. The number of aliphatic hydroxyl groups is 1. The molecular weight excluding hydrogens is 395 g/mol. The van der Waals surface area contributed by atoms with Gasteiger partial charge < -0.3 is 10.4 Å². The van der Waals surface area contributed by atoms with Gasteiger partial charge in [0, 0.05) is 18.0 Å². The highest BCUT2D eigenvalue weighted by Crippen LogP contribution is 2.33. The summed E-state index contributed by atoms with van der Waals surface area (Å²) < 4.78 is 1.86. The first kappa shape index (κ1) is 18.7. The highest BCUT2D eigenvalue weighted by atomic mass is 35.5. The third-order valence-corrected chi connectivity index (χ3v) is 5.21. The number of fused-ring (bicyclic) bond motifs is 1.